The quantitative estimate of drug-likeness (QED) is 0.201. The summed E-state index contributed by atoms with van der Waals surface area (Å²) in [4.78, 5) is 12.3. The maximum atomic E-state index is 12.3. The monoisotopic (exact) mass is 484 g/mol. The third-order valence-corrected chi connectivity index (χ3v) is 6.58. The number of carbonyl (C=O) groups is 1. The Labute approximate surface area is 195 Å². The molecule has 1 aromatic heterocycles. The van der Waals surface area contributed by atoms with Crippen molar-refractivity contribution in [1.29, 1.82) is 5.26 Å². The number of nitrogens with zero attached hydrogens (tertiary/aromatic N) is 3. The molecule has 1 heterocycles. The van der Waals surface area contributed by atoms with Crippen LogP contribution < -0.4 is 14.8 Å². The topological polar surface area (TPSA) is 131 Å². The van der Waals surface area contributed by atoms with Crippen molar-refractivity contribution in [2.75, 3.05) is 24.8 Å². The standard InChI is InChI=1S/C22H20N4O5S2/c1-33(28,29)22-26-25-21(32-22)24-20(27)17(15-23)14-16-8-10-19(11-9-16)31-13-5-12-30-18-6-3-2-4-7-18/h2-4,6-11,14H,5,12-13H2,1H3,(H,24,25,27). The maximum absolute atomic E-state index is 12.3. The van der Waals surface area contributed by atoms with Crippen molar-refractivity contribution in [3.8, 4) is 17.6 Å². The molecule has 0 fully saturated rings. The van der Waals surface area contributed by atoms with E-state index in [1.165, 1.54) is 6.08 Å². The van der Waals surface area contributed by atoms with Crippen LogP contribution >= 0.6 is 11.3 Å². The molecule has 0 atom stereocenters. The molecule has 0 saturated heterocycles. The fourth-order valence-electron chi connectivity index (χ4n) is 2.51. The molecule has 0 radical (unpaired) electrons. The Kier molecular flexibility index (Phi) is 8.12. The van der Waals surface area contributed by atoms with Crippen LogP contribution in [0.2, 0.25) is 0 Å². The molecule has 0 saturated carbocycles. The van der Waals surface area contributed by atoms with Crippen molar-refractivity contribution in [2.45, 2.75) is 10.8 Å². The van der Waals surface area contributed by atoms with Gasteiger partial charge in [-0.25, -0.2) is 8.42 Å². The van der Waals surface area contributed by atoms with Crippen LogP contribution in [0.4, 0.5) is 5.13 Å². The Bertz CT molecular complexity index is 1260. The first-order chi connectivity index (χ1) is 15.8. The zero-order valence-corrected chi connectivity index (χ0v) is 19.2. The molecule has 3 rings (SSSR count). The van der Waals surface area contributed by atoms with Gasteiger partial charge >= 0.3 is 0 Å². The highest BCUT2D eigenvalue weighted by Gasteiger charge is 2.17. The molecule has 1 N–H and O–H groups in total. The number of sulfone groups is 1. The summed E-state index contributed by atoms with van der Waals surface area (Å²) < 4.78 is 34.0. The number of amides is 1. The highest BCUT2D eigenvalue weighted by molar-refractivity contribution is 7.92. The number of anilines is 1. The molecule has 170 valence electrons. The normalized spacial score (nSPS) is 11.5. The average Bonchev–Trinajstić information content (AvgIpc) is 3.28. The van der Waals surface area contributed by atoms with Gasteiger partial charge in [0.05, 0.1) is 13.2 Å². The molecule has 33 heavy (non-hydrogen) atoms. The molecule has 3 aromatic rings. The largest absolute Gasteiger partial charge is 0.493 e. The van der Waals surface area contributed by atoms with Gasteiger partial charge in [-0.05, 0) is 35.9 Å². The van der Waals surface area contributed by atoms with Crippen LogP contribution in [0.1, 0.15) is 12.0 Å². The first-order valence-electron chi connectivity index (χ1n) is 9.72. The third-order valence-electron chi connectivity index (χ3n) is 4.07. The third kappa shape index (κ3) is 7.41. The van der Waals surface area contributed by atoms with E-state index in [4.69, 9.17) is 9.47 Å². The smallest absolute Gasteiger partial charge is 0.268 e. The van der Waals surface area contributed by atoms with Gasteiger partial charge in [0.25, 0.3) is 5.91 Å². The van der Waals surface area contributed by atoms with Crippen LogP contribution in [-0.2, 0) is 14.6 Å². The summed E-state index contributed by atoms with van der Waals surface area (Å²) in [5, 5.41) is 18.8. The van der Waals surface area contributed by atoms with Crippen molar-refractivity contribution in [2.24, 2.45) is 0 Å². The molecule has 0 aliphatic carbocycles. The minimum absolute atomic E-state index is 0.0124. The number of rotatable bonds is 10. The van der Waals surface area contributed by atoms with Crippen molar-refractivity contribution in [1.82, 2.24) is 10.2 Å². The van der Waals surface area contributed by atoms with E-state index in [9.17, 15) is 18.5 Å². The Morgan fingerprint density at radius 3 is 2.27 bits per heavy atom. The number of hydrogen-bond acceptors (Lipinski definition) is 9. The van der Waals surface area contributed by atoms with Gasteiger partial charge in [0, 0.05) is 12.7 Å². The van der Waals surface area contributed by atoms with Gasteiger partial charge in [-0.3, -0.25) is 10.1 Å². The van der Waals surface area contributed by atoms with Gasteiger partial charge in [0.15, 0.2) is 0 Å². The van der Waals surface area contributed by atoms with Gasteiger partial charge in [-0.15, -0.1) is 10.2 Å². The van der Waals surface area contributed by atoms with Crippen molar-refractivity contribution < 1.29 is 22.7 Å². The Balaban J connectivity index is 1.51. The lowest BCUT2D eigenvalue weighted by molar-refractivity contribution is -0.112. The van der Waals surface area contributed by atoms with Gasteiger partial charge < -0.3 is 9.47 Å². The van der Waals surface area contributed by atoms with Crippen LogP contribution in [0.25, 0.3) is 6.08 Å². The molecule has 0 bridgehead atoms. The zero-order valence-electron chi connectivity index (χ0n) is 17.6. The lowest BCUT2D eigenvalue weighted by atomic mass is 10.1. The fraction of sp³-hybridized carbons (Fsp3) is 0.182. The second-order valence-corrected chi connectivity index (χ2v) is 9.87. The molecular weight excluding hydrogens is 464 g/mol. The van der Waals surface area contributed by atoms with Gasteiger partial charge in [0.1, 0.15) is 23.1 Å². The molecule has 0 spiro atoms. The molecule has 0 aliphatic rings. The van der Waals surface area contributed by atoms with E-state index in [1.807, 2.05) is 36.4 Å². The summed E-state index contributed by atoms with van der Waals surface area (Å²) in [5.74, 6) is 0.748. The second kappa shape index (κ2) is 11.2. The van der Waals surface area contributed by atoms with Crippen LogP contribution in [0, 0.1) is 11.3 Å². The number of nitriles is 1. The first-order valence-corrected chi connectivity index (χ1v) is 12.4. The number of para-hydroxylation sites is 1. The molecule has 0 unspecified atom stereocenters. The van der Waals surface area contributed by atoms with E-state index in [1.54, 1.807) is 24.3 Å². The van der Waals surface area contributed by atoms with E-state index in [-0.39, 0.29) is 15.0 Å². The van der Waals surface area contributed by atoms with Gasteiger partial charge in [0.2, 0.25) is 19.3 Å². The summed E-state index contributed by atoms with van der Waals surface area (Å²) in [6.07, 6.45) is 3.11. The Hall–Kier alpha value is -3.75. The molecule has 0 aliphatic heterocycles. The molecule has 2 aromatic carbocycles. The van der Waals surface area contributed by atoms with E-state index < -0.39 is 15.7 Å². The van der Waals surface area contributed by atoms with E-state index >= 15 is 0 Å². The number of aromatic nitrogens is 2. The SMILES string of the molecule is CS(=O)(=O)c1nnc(NC(=O)C(C#N)=Cc2ccc(OCCCOc3ccccc3)cc2)s1. The fourth-order valence-corrected chi connectivity index (χ4v) is 4.01. The van der Waals surface area contributed by atoms with Crippen molar-refractivity contribution in [3.05, 3.63) is 65.7 Å². The molecule has 11 heteroatoms. The minimum Gasteiger partial charge on any atom is -0.493 e. The summed E-state index contributed by atoms with van der Waals surface area (Å²) in [7, 11) is -3.52. The predicted octanol–water partition coefficient (Wildman–Crippen LogP) is 3.34. The van der Waals surface area contributed by atoms with Crippen LogP contribution in [0.3, 0.4) is 0 Å². The van der Waals surface area contributed by atoms with Crippen molar-refractivity contribution in [3.63, 3.8) is 0 Å². The summed E-state index contributed by atoms with van der Waals surface area (Å²) in [6, 6.07) is 18.3. The molecule has 9 nitrogen and oxygen atoms in total. The number of carbonyl (C=O) groups excluding carboxylic acids is 1. The maximum Gasteiger partial charge on any atom is 0.268 e. The number of ether oxygens (including phenoxy) is 2. The van der Waals surface area contributed by atoms with E-state index in [0.29, 0.717) is 42.3 Å². The number of hydrogen-bond donors (Lipinski definition) is 1. The first kappa shape index (κ1) is 23.9. The van der Waals surface area contributed by atoms with Crippen LogP contribution in [0.15, 0.2) is 64.5 Å². The lowest BCUT2D eigenvalue weighted by Crippen LogP contribution is -2.13. The summed E-state index contributed by atoms with van der Waals surface area (Å²) >= 11 is 0.710. The van der Waals surface area contributed by atoms with Gasteiger partial charge in [-0.1, -0.05) is 41.7 Å². The average molecular weight is 485 g/mol. The lowest BCUT2D eigenvalue weighted by Gasteiger charge is -2.08. The van der Waals surface area contributed by atoms with Crippen LogP contribution in [0.5, 0.6) is 11.5 Å². The zero-order chi connectivity index (χ0) is 23.7. The van der Waals surface area contributed by atoms with Crippen molar-refractivity contribution >= 4 is 38.3 Å². The summed E-state index contributed by atoms with van der Waals surface area (Å²) in [6.45, 7) is 1.01. The molecule has 1 amide bonds. The summed E-state index contributed by atoms with van der Waals surface area (Å²) in [5.41, 5.74) is 0.452. The van der Waals surface area contributed by atoms with E-state index in [0.717, 1.165) is 12.0 Å². The molecular formula is C22H20N4O5S2. The number of nitrogens with one attached hydrogen (secondary N) is 1. The Morgan fingerprint density at radius 2 is 1.70 bits per heavy atom. The second-order valence-electron chi connectivity index (χ2n) is 6.70. The number of benzene rings is 2. The van der Waals surface area contributed by atoms with E-state index in [2.05, 4.69) is 15.5 Å². The van der Waals surface area contributed by atoms with Crippen LogP contribution in [-0.4, -0.2) is 44.0 Å². The van der Waals surface area contributed by atoms with Gasteiger partial charge in [-0.2, -0.15) is 5.26 Å². The highest BCUT2D eigenvalue weighted by atomic mass is 32.2. The highest BCUT2D eigenvalue weighted by Crippen LogP contribution is 2.21. The minimum atomic E-state index is -3.52. The predicted molar refractivity (Wildman–Crippen MR) is 124 cm³/mol. The Morgan fingerprint density at radius 1 is 1.06 bits per heavy atom.